The SMILES string of the molecule is CN(C)NC(=O)C(C)(C)c1ccc2c(c1)CCC2. The van der Waals surface area contributed by atoms with Gasteiger partial charge in [0.05, 0.1) is 5.41 Å². The van der Waals surface area contributed by atoms with Gasteiger partial charge in [-0.25, -0.2) is 5.01 Å². The number of hydrogen-bond acceptors (Lipinski definition) is 2. The van der Waals surface area contributed by atoms with Gasteiger partial charge in [-0.2, -0.15) is 0 Å². The molecule has 98 valence electrons. The van der Waals surface area contributed by atoms with Crippen molar-refractivity contribution in [2.24, 2.45) is 0 Å². The van der Waals surface area contributed by atoms with Crippen LogP contribution >= 0.6 is 0 Å². The van der Waals surface area contributed by atoms with Crippen LogP contribution < -0.4 is 5.43 Å². The van der Waals surface area contributed by atoms with Crippen molar-refractivity contribution >= 4 is 5.91 Å². The number of benzene rings is 1. The number of carbonyl (C=O) groups is 1. The van der Waals surface area contributed by atoms with Crippen molar-refractivity contribution in [3.8, 4) is 0 Å². The molecule has 1 aromatic rings. The Morgan fingerprint density at radius 1 is 1.22 bits per heavy atom. The highest BCUT2D eigenvalue weighted by Gasteiger charge is 2.31. The molecule has 1 N–H and O–H groups in total. The van der Waals surface area contributed by atoms with Crippen LogP contribution in [0.1, 0.15) is 37.0 Å². The Labute approximate surface area is 109 Å². The Hall–Kier alpha value is -1.35. The van der Waals surface area contributed by atoms with Crippen LogP contribution in [0.2, 0.25) is 0 Å². The normalized spacial score (nSPS) is 14.7. The van der Waals surface area contributed by atoms with E-state index in [2.05, 4.69) is 23.6 Å². The molecule has 1 aromatic carbocycles. The third-order valence-electron chi connectivity index (χ3n) is 3.71. The summed E-state index contributed by atoms with van der Waals surface area (Å²) in [6, 6.07) is 6.49. The summed E-state index contributed by atoms with van der Waals surface area (Å²) in [6.07, 6.45) is 3.57. The molecule has 0 aromatic heterocycles. The van der Waals surface area contributed by atoms with Crippen LogP contribution in [0.4, 0.5) is 0 Å². The maximum absolute atomic E-state index is 12.2. The Kier molecular flexibility index (Phi) is 3.44. The molecule has 0 unspecified atom stereocenters. The second kappa shape index (κ2) is 4.73. The fourth-order valence-electron chi connectivity index (χ4n) is 2.43. The van der Waals surface area contributed by atoms with Gasteiger partial charge in [0.2, 0.25) is 5.91 Å². The standard InChI is InChI=1S/C15H22N2O/c1-15(2,14(18)16-17(3)4)13-9-8-11-6-5-7-12(11)10-13/h8-10H,5-7H2,1-4H3,(H,16,18). The van der Waals surface area contributed by atoms with Gasteiger partial charge in [0.25, 0.3) is 0 Å². The first-order valence-corrected chi connectivity index (χ1v) is 6.52. The summed E-state index contributed by atoms with van der Waals surface area (Å²) in [4.78, 5) is 12.2. The molecule has 0 bridgehead atoms. The van der Waals surface area contributed by atoms with Gasteiger partial charge < -0.3 is 0 Å². The van der Waals surface area contributed by atoms with Crippen LogP contribution in [0.3, 0.4) is 0 Å². The first-order chi connectivity index (χ1) is 8.41. The molecule has 0 spiro atoms. The lowest BCUT2D eigenvalue weighted by atomic mass is 9.82. The van der Waals surface area contributed by atoms with Gasteiger partial charge in [0.1, 0.15) is 0 Å². The molecule has 0 heterocycles. The molecule has 1 aliphatic rings. The van der Waals surface area contributed by atoms with Crippen LogP contribution in [0, 0.1) is 0 Å². The van der Waals surface area contributed by atoms with Gasteiger partial charge in [0, 0.05) is 14.1 Å². The van der Waals surface area contributed by atoms with Crippen molar-refractivity contribution in [2.45, 2.75) is 38.5 Å². The number of rotatable bonds is 3. The smallest absolute Gasteiger partial charge is 0.244 e. The molecule has 3 heteroatoms. The monoisotopic (exact) mass is 246 g/mol. The van der Waals surface area contributed by atoms with Crippen LogP contribution in [0.25, 0.3) is 0 Å². The lowest BCUT2D eigenvalue weighted by Crippen LogP contribution is -2.46. The molecular weight excluding hydrogens is 224 g/mol. The maximum Gasteiger partial charge on any atom is 0.244 e. The fourth-order valence-corrected chi connectivity index (χ4v) is 2.43. The topological polar surface area (TPSA) is 32.3 Å². The first-order valence-electron chi connectivity index (χ1n) is 6.52. The van der Waals surface area contributed by atoms with Gasteiger partial charge in [0.15, 0.2) is 0 Å². The minimum Gasteiger partial charge on any atom is -0.289 e. The third-order valence-corrected chi connectivity index (χ3v) is 3.71. The summed E-state index contributed by atoms with van der Waals surface area (Å²) in [7, 11) is 3.66. The van der Waals surface area contributed by atoms with Crippen molar-refractivity contribution in [3.63, 3.8) is 0 Å². The number of hydrazine groups is 1. The average Bonchev–Trinajstić information content (AvgIpc) is 2.74. The van der Waals surface area contributed by atoms with Crippen molar-refractivity contribution in [1.29, 1.82) is 0 Å². The van der Waals surface area contributed by atoms with Gasteiger partial charge in [-0.05, 0) is 49.8 Å². The molecule has 1 aliphatic carbocycles. The number of nitrogens with zero attached hydrogens (tertiary/aromatic N) is 1. The molecule has 0 saturated heterocycles. The fraction of sp³-hybridized carbons (Fsp3) is 0.533. The van der Waals surface area contributed by atoms with Crippen LogP contribution in [-0.4, -0.2) is 25.0 Å². The number of carbonyl (C=O) groups excluding carboxylic acids is 1. The quantitative estimate of drug-likeness (QED) is 0.828. The van der Waals surface area contributed by atoms with E-state index in [1.807, 2.05) is 27.9 Å². The van der Waals surface area contributed by atoms with E-state index in [0.717, 1.165) is 12.0 Å². The van der Waals surface area contributed by atoms with Gasteiger partial charge >= 0.3 is 0 Å². The zero-order chi connectivity index (χ0) is 13.3. The summed E-state index contributed by atoms with van der Waals surface area (Å²) >= 11 is 0. The molecule has 2 rings (SSSR count). The van der Waals surface area contributed by atoms with Crippen molar-refractivity contribution in [2.75, 3.05) is 14.1 Å². The zero-order valence-corrected chi connectivity index (χ0v) is 11.7. The second-order valence-corrected chi connectivity index (χ2v) is 5.80. The van der Waals surface area contributed by atoms with Crippen LogP contribution in [0.5, 0.6) is 0 Å². The van der Waals surface area contributed by atoms with Crippen LogP contribution in [0.15, 0.2) is 18.2 Å². The molecule has 3 nitrogen and oxygen atoms in total. The number of amides is 1. The van der Waals surface area contributed by atoms with E-state index < -0.39 is 5.41 Å². The molecule has 18 heavy (non-hydrogen) atoms. The Morgan fingerprint density at radius 2 is 1.89 bits per heavy atom. The number of aryl methyl sites for hydroxylation is 2. The van der Waals surface area contributed by atoms with E-state index >= 15 is 0 Å². The third kappa shape index (κ3) is 2.41. The van der Waals surface area contributed by atoms with E-state index in [1.54, 1.807) is 5.01 Å². The number of nitrogens with one attached hydrogen (secondary N) is 1. The lowest BCUT2D eigenvalue weighted by molar-refractivity contribution is -0.129. The molecule has 0 fully saturated rings. The van der Waals surface area contributed by atoms with Gasteiger partial charge in [-0.3, -0.25) is 10.2 Å². The Bertz CT molecular complexity index is 464. The molecule has 0 aliphatic heterocycles. The molecule has 0 atom stereocenters. The van der Waals surface area contributed by atoms with E-state index in [-0.39, 0.29) is 5.91 Å². The van der Waals surface area contributed by atoms with Gasteiger partial charge in [-0.15, -0.1) is 0 Å². The number of hydrogen-bond donors (Lipinski definition) is 1. The summed E-state index contributed by atoms with van der Waals surface area (Å²) in [5.41, 5.74) is 6.31. The van der Waals surface area contributed by atoms with Crippen molar-refractivity contribution < 1.29 is 4.79 Å². The molecular formula is C15H22N2O. The highest BCUT2D eigenvalue weighted by atomic mass is 16.2. The summed E-state index contributed by atoms with van der Waals surface area (Å²) in [5.74, 6) is 0.0328. The molecule has 0 saturated carbocycles. The summed E-state index contributed by atoms with van der Waals surface area (Å²) in [5, 5.41) is 1.69. The van der Waals surface area contributed by atoms with E-state index in [9.17, 15) is 4.79 Å². The second-order valence-electron chi connectivity index (χ2n) is 5.80. The molecule has 1 amide bonds. The van der Waals surface area contributed by atoms with Crippen molar-refractivity contribution in [1.82, 2.24) is 10.4 Å². The van der Waals surface area contributed by atoms with Gasteiger partial charge in [-0.1, -0.05) is 18.2 Å². The van der Waals surface area contributed by atoms with E-state index in [4.69, 9.17) is 0 Å². The predicted molar refractivity (Wildman–Crippen MR) is 73.3 cm³/mol. The highest BCUT2D eigenvalue weighted by Crippen LogP contribution is 2.29. The van der Waals surface area contributed by atoms with E-state index in [0.29, 0.717) is 0 Å². The molecule has 0 radical (unpaired) electrons. The first kappa shape index (κ1) is 13.1. The van der Waals surface area contributed by atoms with E-state index in [1.165, 1.54) is 24.0 Å². The zero-order valence-electron chi connectivity index (χ0n) is 11.7. The minimum atomic E-state index is -0.498. The number of fused-ring (bicyclic) bond motifs is 1. The highest BCUT2D eigenvalue weighted by molar-refractivity contribution is 5.87. The summed E-state index contributed by atoms with van der Waals surface area (Å²) in [6.45, 7) is 3.95. The Balaban J connectivity index is 2.26. The largest absolute Gasteiger partial charge is 0.289 e. The average molecular weight is 246 g/mol. The predicted octanol–water partition coefficient (Wildman–Crippen LogP) is 2.05. The lowest BCUT2D eigenvalue weighted by Gasteiger charge is -2.26. The Morgan fingerprint density at radius 3 is 2.56 bits per heavy atom. The summed E-state index contributed by atoms with van der Waals surface area (Å²) < 4.78 is 0. The maximum atomic E-state index is 12.2. The van der Waals surface area contributed by atoms with Crippen LogP contribution in [-0.2, 0) is 23.1 Å². The minimum absolute atomic E-state index is 0.0328. The van der Waals surface area contributed by atoms with Crippen molar-refractivity contribution in [3.05, 3.63) is 34.9 Å².